The predicted octanol–water partition coefficient (Wildman–Crippen LogP) is 4.85. The van der Waals surface area contributed by atoms with Crippen LogP contribution in [0.2, 0.25) is 15.1 Å². The molecule has 0 unspecified atom stereocenters. The van der Waals surface area contributed by atoms with Crippen LogP contribution in [0.5, 0.6) is 0 Å². The third kappa shape index (κ3) is 2.92. The first kappa shape index (κ1) is 15.9. The second-order valence-corrected chi connectivity index (χ2v) is 7.23. The lowest BCUT2D eigenvalue weighted by Crippen LogP contribution is -2.37. The number of fused-ring (bicyclic) bond motifs is 1. The van der Waals surface area contributed by atoms with Gasteiger partial charge >= 0.3 is 0 Å². The predicted molar refractivity (Wildman–Crippen MR) is 96.3 cm³/mol. The summed E-state index contributed by atoms with van der Waals surface area (Å²) in [7, 11) is 0. The van der Waals surface area contributed by atoms with Crippen LogP contribution in [0.4, 0.5) is 0 Å². The van der Waals surface area contributed by atoms with Crippen molar-refractivity contribution in [1.29, 1.82) is 0 Å². The molecule has 2 aromatic carbocycles. The molecule has 0 radical (unpaired) electrons. The highest BCUT2D eigenvalue weighted by atomic mass is 35.5. The minimum absolute atomic E-state index is 0.404. The van der Waals surface area contributed by atoms with Gasteiger partial charge in [0, 0.05) is 23.0 Å². The van der Waals surface area contributed by atoms with E-state index in [1.807, 2.05) is 12.4 Å². The van der Waals surface area contributed by atoms with Crippen molar-refractivity contribution in [2.45, 2.75) is 25.3 Å². The molecule has 3 aromatic rings. The monoisotopic (exact) mass is 378 g/mol. The molecule has 0 saturated carbocycles. The van der Waals surface area contributed by atoms with E-state index in [9.17, 15) is 0 Å². The van der Waals surface area contributed by atoms with E-state index in [1.165, 1.54) is 5.56 Å². The van der Waals surface area contributed by atoms with E-state index in [2.05, 4.69) is 33.9 Å². The lowest BCUT2D eigenvalue weighted by Gasteiger charge is -2.08. The first-order chi connectivity index (χ1) is 11.6. The molecule has 0 aliphatic carbocycles. The van der Waals surface area contributed by atoms with Crippen LogP contribution in [0.3, 0.4) is 0 Å². The van der Waals surface area contributed by atoms with Gasteiger partial charge in [0.2, 0.25) is 6.33 Å². The van der Waals surface area contributed by atoms with Crippen LogP contribution in [0.1, 0.15) is 23.9 Å². The zero-order chi connectivity index (χ0) is 16.7. The molecule has 6 heteroatoms. The van der Waals surface area contributed by atoms with Gasteiger partial charge in [-0.05, 0) is 24.1 Å². The van der Waals surface area contributed by atoms with Crippen molar-refractivity contribution in [1.82, 2.24) is 9.78 Å². The average Bonchev–Trinajstić information content (AvgIpc) is 3.09. The van der Waals surface area contributed by atoms with Crippen LogP contribution in [0.15, 0.2) is 48.8 Å². The normalized spacial score (nSPS) is 16.4. The largest absolute Gasteiger partial charge is 0.278 e. The summed E-state index contributed by atoms with van der Waals surface area (Å²) in [4.78, 5) is 0. The number of halogens is 3. The molecule has 1 aromatic heterocycles. The van der Waals surface area contributed by atoms with Crippen LogP contribution in [0, 0.1) is 0 Å². The average molecular weight is 380 g/mol. The standard InChI is InChI=1S/C18H15Cl3N3/c19-13-9-15(20)18(16(21)10-13)24-11-23-14(6-7-17(23)22-24)8-12-4-2-1-3-5-12/h1-5,9-11,14H,6-8H2/q+1/t14-/m0/s1. The Morgan fingerprint density at radius 2 is 1.79 bits per heavy atom. The molecule has 0 spiro atoms. The zero-order valence-corrected chi connectivity index (χ0v) is 15.1. The molecule has 2 heterocycles. The van der Waals surface area contributed by atoms with E-state index in [1.54, 1.807) is 16.8 Å². The summed E-state index contributed by atoms with van der Waals surface area (Å²) in [6.45, 7) is 0. The van der Waals surface area contributed by atoms with Gasteiger partial charge in [-0.15, -0.1) is 0 Å². The fourth-order valence-corrected chi connectivity index (χ4v) is 4.24. The summed E-state index contributed by atoms with van der Waals surface area (Å²) in [6, 6.07) is 14.3. The maximum absolute atomic E-state index is 6.32. The number of rotatable bonds is 3. The second kappa shape index (κ2) is 6.40. The van der Waals surface area contributed by atoms with Crippen molar-refractivity contribution >= 4 is 34.8 Å². The summed E-state index contributed by atoms with van der Waals surface area (Å²) in [5, 5.41) is 6.18. The van der Waals surface area contributed by atoms with Crippen LogP contribution in [-0.2, 0) is 12.8 Å². The van der Waals surface area contributed by atoms with Crippen LogP contribution >= 0.6 is 34.8 Å². The van der Waals surface area contributed by atoms with Crippen molar-refractivity contribution in [3.05, 3.63) is 75.2 Å². The number of hydrogen-bond acceptors (Lipinski definition) is 1. The van der Waals surface area contributed by atoms with E-state index in [-0.39, 0.29) is 0 Å². The molecule has 0 amide bonds. The van der Waals surface area contributed by atoms with E-state index >= 15 is 0 Å². The lowest BCUT2D eigenvalue weighted by molar-refractivity contribution is -0.716. The molecule has 1 aliphatic rings. The van der Waals surface area contributed by atoms with Crippen LogP contribution < -0.4 is 4.57 Å². The Bertz CT molecular complexity index is 867. The molecule has 0 fully saturated rings. The number of hydrogen-bond donors (Lipinski definition) is 0. The van der Waals surface area contributed by atoms with E-state index < -0.39 is 0 Å². The molecule has 0 saturated heterocycles. The van der Waals surface area contributed by atoms with Gasteiger partial charge in [0.05, 0.1) is 16.1 Å². The lowest BCUT2D eigenvalue weighted by atomic mass is 10.0. The highest BCUT2D eigenvalue weighted by molar-refractivity contribution is 6.40. The summed E-state index contributed by atoms with van der Waals surface area (Å²) >= 11 is 18.6. The minimum Gasteiger partial charge on any atom is -0.231 e. The molecular formula is C18H15Cl3N3+. The summed E-state index contributed by atoms with van der Waals surface area (Å²) in [5.74, 6) is 1.05. The Hall–Kier alpha value is -1.55. The third-order valence-electron chi connectivity index (χ3n) is 4.37. The molecule has 3 nitrogen and oxygen atoms in total. The van der Waals surface area contributed by atoms with Crippen LogP contribution in [-0.4, -0.2) is 9.78 Å². The molecule has 0 bridgehead atoms. The highest BCUT2D eigenvalue weighted by Crippen LogP contribution is 2.32. The smallest absolute Gasteiger partial charge is 0.231 e. The third-order valence-corrected chi connectivity index (χ3v) is 5.17. The topological polar surface area (TPSA) is 21.7 Å². The number of aryl methyl sites for hydroxylation is 1. The summed E-state index contributed by atoms with van der Waals surface area (Å²) in [5.41, 5.74) is 2.00. The van der Waals surface area contributed by atoms with Gasteiger partial charge in [-0.25, -0.2) is 4.57 Å². The van der Waals surface area contributed by atoms with Gasteiger partial charge in [0.25, 0.3) is 5.82 Å². The van der Waals surface area contributed by atoms with E-state index in [0.29, 0.717) is 26.8 Å². The fraction of sp³-hybridized carbons (Fsp3) is 0.222. The van der Waals surface area contributed by atoms with Gasteiger partial charge in [0.15, 0.2) is 5.69 Å². The fourth-order valence-electron chi connectivity index (χ4n) is 3.25. The number of benzene rings is 2. The van der Waals surface area contributed by atoms with E-state index in [0.717, 1.165) is 25.1 Å². The Balaban J connectivity index is 1.68. The van der Waals surface area contributed by atoms with Gasteiger partial charge in [0.1, 0.15) is 0 Å². The van der Waals surface area contributed by atoms with Gasteiger partial charge < -0.3 is 0 Å². The number of nitrogens with zero attached hydrogens (tertiary/aromatic N) is 3. The first-order valence-electron chi connectivity index (χ1n) is 7.80. The second-order valence-electron chi connectivity index (χ2n) is 5.98. The van der Waals surface area contributed by atoms with Crippen molar-refractivity contribution < 1.29 is 4.57 Å². The van der Waals surface area contributed by atoms with Crippen molar-refractivity contribution in [3.63, 3.8) is 0 Å². The van der Waals surface area contributed by atoms with Crippen molar-refractivity contribution in [3.8, 4) is 5.69 Å². The molecule has 24 heavy (non-hydrogen) atoms. The van der Waals surface area contributed by atoms with Gasteiger partial charge in [-0.2, -0.15) is 0 Å². The Morgan fingerprint density at radius 3 is 2.50 bits per heavy atom. The quantitative estimate of drug-likeness (QED) is 0.596. The highest BCUT2D eigenvalue weighted by Gasteiger charge is 2.32. The molecule has 4 rings (SSSR count). The minimum atomic E-state index is 0.404. The molecule has 1 atom stereocenters. The molecule has 1 aliphatic heterocycles. The Morgan fingerprint density at radius 1 is 1.08 bits per heavy atom. The van der Waals surface area contributed by atoms with Crippen molar-refractivity contribution in [2.24, 2.45) is 0 Å². The first-order valence-corrected chi connectivity index (χ1v) is 8.94. The SMILES string of the molecule is Clc1cc(Cl)c(-n2c[n+]3c(n2)CC[C@H]3Cc2ccccc2)c(Cl)c1. The maximum atomic E-state index is 6.32. The molecule has 0 N–H and O–H groups in total. The van der Waals surface area contributed by atoms with Crippen LogP contribution in [0.25, 0.3) is 5.69 Å². The summed E-state index contributed by atoms with van der Waals surface area (Å²) in [6.07, 6.45) is 5.02. The van der Waals surface area contributed by atoms with E-state index in [4.69, 9.17) is 34.8 Å². The van der Waals surface area contributed by atoms with Gasteiger partial charge in [-0.3, -0.25) is 0 Å². The van der Waals surface area contributed by atoms with Gasteiger partial charge in [-0.1, -0.05) is 69.8 Å². The molecular weight excluding hydrogens is 365 g/mol. The Kier molecular flexibility index (Phi) is 4.25. The summed E-state index contributed by atoms with van der Waals surface area (Å²) < 4.78 is 3.99. The zero-order valence-electron chi connectivity index (χ0n) is 12.8. The Labute approximate surface area is 155 Å². The van der Waals surface area contributed by atoms with Crippen molar-refractivity contribution in [2.75, 3.05) is 0 Å². The number of aromatic nitrogens is 3. The molecule has 122 valence electrons. The maximum Gasteiger partial charge on any atom is 0.278 e.